The van der Waals surface area contributed by atoms with Gasteiger partial charge in [-0.25, -0.2) is 0 Å². The molecule has 1 aromatic heterocycles. The quantitative estimate of drug-likeness (QED) is 0.905. The minimum atomic E-state index is 0.642. The molecule has 0 aliphatic heterocycles. The van der Waals surface area contributed by atoms with Gasteiger partial charge in [0.1, 0.15) is 0 Å². The van der Waals surface area contributed by atoms with Crippen molar-refractivity contribution in [1.82, 2.24) is 15.5 Å². The maximum Gasteiger partial charge on any atom is 0.0535 e. The summed E-state index contributed by atoms with van der Waals surface area (Å²) in [6, 6.07) is 9.36. The summed E-state index contributed by atoms with van der Waals surface area (Å²) < 4.78 is 1.15. The van der Waals surface area contributed by atoms with E-state index in [1.54, 1.807) is 0 Å². The summed E-state index contributed by atoms with van der Waals surface area (Å²) in [6.07, 6.45) is 4.38. The standard InChI is InChI=1S/C15H18BrN3/c1-10-13(9-18-19-10)8-17-15-6-12(7-15)11-2-4-14(16)5-3-11/h2-5,9,12,15,17H,6-8H2,1H3,(H,18,19). The molecule has 0 bridgehead atoms. The number of aromatic nitrogens is 2. The number of halogens is 1. The molecule has 0 amide bonds. The van der Waals surface area contributed by atoms with Gasteiger partial charge in [-0.3, -0.25) is 5.10 Å². The number of aryl methyl sites for hydroxylation is 1. The molecule has 19 heavy (non-hydrogen) atoms. The molecule has 1 aliphatic carbocycles. The van der Waals surface area contributed by atoms with Gasteiger partial charge in [0.15, 0.2) is 0 Å². The van der Waals surface area contributed by atoms with E-state index in [2.05, 4.69) is 62.6 Å². The zero-order chi connectivity index (χ0) is 13.2. The van der Waals surface area contributed by atoms with Gasteiger partial charge < -0.3 is 5.32 Å². The summed E-state index contributed by atoms with van der Waals surface area (Å²) in [5, 5.41) is 10.6. The van der Waals surface area contributed by atoms with Crippen LogP contribution in [-0.4, -0.2) is 16.2 Å². The first-order valence-electron chi connectivity index (χ1n) is 6.70. The molecule has 3 rings (SSSR count). The number of aromatic amines is 1. The molecule has 1 aliphatic rings. The van der Waals surface area contributed by atoms with Crippen molar-refractivity contribution in [2.24, 2.45) is 0 Å². The summed E-state index contributed by atoms with van der Waals surface area (Å²) in [5.41, 5.74) is 3.89. The Kier molecular flexibility index (Phi) is 3.71. The maximum absolute atomic E-state index is 4.04. The van der Waals surface area contributed by atoms with Crippen molar-refractivity contribution in [3.05, 3.63) is 51.8 Å². The van der Waals surface area contributed by atoms with Crippen molar-refractivity contribution in [2.75, 3.05) is 0 Å². The lowest BCUT2D eigenvalue weighted by atomic mass is 9.76. The number of nitrogens with zero attached hydrogens (tertiary/aromatic N) is 1. The number of hydrogen-bond acceptors (Lipinski definition) is 2. The fourth-order valence-corrected chi connectivity index (χ4v) is 2.86. The SMILES string of the molecule is Cc1[nH]ncc1CNC1CC(c2ccc(Br)cc2)C1. The van der Waals surface area contributed by atoms with Gasteiger partial charge in [-0.1, -0.05) is 28.1 Å². The molecule has 0 radical (unpaired) electrons. The Bertz CT molecular complexity index is 541. The molecule has 1 saturated carbocycles. The van der Waals surface area contributed by atoms with Crippen molar-refractivity contribution in [1.29, 1.82) is 0 Å². The van der Waals surface area contributed by atoms with Crippen LogP contribution >= 0.6 is 15.9 Å². The average molecular weight is 320 g/mol. The molecule has 3 nitrogen and oxygen atoms in total. The van der Waals surface area contributed by atoms with Gasteiger partial charge >= 0.3 is 0 Å². The summed E-state index contributed by atoms with van der Waals surface area (Å²) in [6.45, 7) is 2.98. The van der Waals surface area contributed by atoms with E-state index in [0.29, 0.717) is 6.04 Å². The molecule has 100 valence electrons. The minimum absolute atomic E-state index is 0.642. The number of nitrogens with one attached hydrogen (secondary N) is 2. The molecule has 1 heterocycles. The van der Waals surface area contributed by atoms with Gasteiger partial charge in [0.05, 0.1) is 6.20 Å². The third-order valence-corrected chi connectivity index (χ3v) is 4.52. The molecule has 1 aromatic carbocycles. The van der Waals surface area contributed by atoms with Crippen LogP contribution in [-0.2, 0) is 6.54 Å². The topological polar surface area (TPSA) is 40.7 Å². The van der Waals surface area contributed by atoms with Crippen LogP contribution in [0.4, 0.5) is 0 Å². The molecule has 0 atom stereocenters. The second-order valence-corrected chi connectivity index (χ2v) is 6.23. The molecule has 0 spiro atoms. The number of benzene rings is 1. The van der Waals surface area contributed by atoms with E-state index in [1.807, 2.05) is 6.20 Å². The number of rotatable bonds is 4. The molecular formula is C15H18BrN3. The lowest BCUT2D eigenvalue weighted by Crippen LogP contribution is -2.39. The van der Waals surface area contributed by atoms with E-state index in [4.69, 9.17) is 0 Å². The van der Waals surface area contributed by atoms with E-state index < -0.39 is 0 Å². The predicted molar refractivity (Wildman–Crippen MR) is 80.1 cm³/mol. The van der Waals surface area contributed by atoms with Crippen LogP contribution in [0.15, 0.2) is 34.9 Å². The first kappa shape index (κ1) is 12.9. The Labute approximate surface area is 121 Å². The van der Waals surface area contributed by atoms with Gasteiger partial charge in [0, 0.05) is 28.3 Å². The van der Waals surface area contributed by atoms with Gasteiger partial charge in [-0.05, 0) is 43.4 Å². The largest absolute Gasteiger partial charge is 0.310 e. The van der Waals surface area contributed by atoms with Crippen molar-refractivity contribution >= 4 is 15.9 Å². The monoisotopic (exact) mass is 319 g/mol. The van der Waals surface area contributed by atoms with Crippen molar-refractivity contribution in [3.8, 4) is 0 Å². The van der Waals surface area contributed by atoms with Crippen LogP contribution in [0.25, 0.3) is 0 Å². The third-order valence-electron chi connectivity index (χ3n) is 3.99. The first-order chi connectivity index (χ1) is 9.22. The summed E-state index contributed by atoms with van der Waals surface area (Å²) in [7, 11) is 0. The minimum Gasteiger partial charge on any atom is -0.310 e. The molecular weight excluding hydrogens is 302 g/mol. The fourth-order valence-electron chi connectivity index (χ4n) is 2.60. The van der Waals surface area contributed by atoms with Crippen LogP contribution in [0.2, 0.25) is 0 Å². The summed E-state index contributed by atoms with van der Waals surface area (Å²) in [4.78, 5) is 0. The summed E-state index contributed by atoms with van der Waals surface area (Å²) >= 11 is 3.48. The van der Waals surface area contributed by atoms with Crippen molar-refractivity contribution in [2.45, 2.75) is 38.3 Å². The number of hydrogen-bond donors (Lipinski definition) is 2. The molecule has 2 N–H and O–H groups in total. The van der Waals surface area contributed by atoms with Crippen LogP contribution in [0.3, 0.4) is 0 Å². The third kappa shape index (κ3) is 2.90. The fraction of sp³-hybridized carbons (Fsp3) is 0.400. The van der Waals surface area contributed by atoms with E-state index >= 15 is 0 Å². The highest BCUT2D eigenvalue weighted by Crippen LogP contribution is 2.37. The highest BCUT2D eigenvalue weighted by molar-refractivity contribution is 9.10. The van der Waals surface area contributed by atoms with Gasteiger partial charge in [0.2, 0.25) is 0 Å². The molecule has 0 saturated heterocycles. The lowest BCUT2D eigenvalue weighted by Gasteiger charge is -2.36. The zero-order valence-corrected chi connectivity index (χ0v) is 12.6. The normalized spacial score (nSPS) is 22.2. The van der Waals surface area contributed by atoms with E-state index in [0.717, 1.165) is 22.6 Å². The molecule has 0 unspecified atom stereocenters. The van der Waals surface area contributed by atoms with Crippen LogP contribution in [0.1, 0.15) is 35.6 Å². The summed E-state index contributed by atoms with van der Waals surface area (Å²) in [5.74, 6) is 0.719. The zero-order valence-electron chi connectivity index (χ0n) is 11.0. The Morgan fingerprint density at radius 3 is 2.68 bits per heavy atom. The van der Waals surface area contributed by atoms with E-state index in [1.165, 1.54) is 24.0 Å². The van der Waals surface area contributed by atoms with Crippen molar-refractivity contribution in [3.63, 3.8) is 0 Å². The van der Waals surface area contributed by atoms with Crippen LogP contribution < -0.4 is 5.32 Å². The van der Waals surface area contributed by atoms with E-state index in [9.17, 15) is 0 Å². The van der Waals surface area contributed by atoms with Gasteiger partial charge in [0.25, 0.3) is 0 Å². The Balaban J connectivity index is 1.48. The van der Waals surface area contributed by atoms with Crippen LogP contribution in [0, 0.1) is 6.92 Å². The van der Waals surface area contributed by atoms with Gasteiger partial charge in [-0.2, -0.15) is 5.10 Å². The maximum atomic E-state index is 4.04. The van der Waals surface area contributed by atoms with Gasteiger partial charge in [-0.15, -0.1) is 0 Å². The molecule has 4 heteroatoms. The van der Waals surface area contributed by atoms with E-state index in [-0.39, 0.29) is 0 Å². The number of H-pyrrole nitrogens is 1. The highest BCUT2D eigenvalue weighted by atomic mass is 79.9. The highest BCUT2D eigenvalue weighted by Gasteiger charge is 2.29. The Morgan fingerprint density at radius 2 is 2.05 bits per heavy atom. The smallest absolute Gasteiger partial charge is 0.0535 e. The Morgan fingerprint density at radius 1 is 1.32 bits per heavy atom. The second kappa shape index (κ2) is 5.47. The molecule has 1 fully saturated rings. The lowest BCUT2D eigenvalue weighted by molar-refractivity contribution is 0.289. The predicted octanol–water partition coefficient (Wildman–Crippen LogP) is 3.52. The van der Waals surface area contributed by atoms with Crippen molar-refractivity contribution < 1.29 is 0 Å². The van der Waals surface area contributed by atoms with Crippen LogP contribution in [0.5, 0.6) is 0 Å². The molecule has 2 aromatic rings. The second-order valence-electron chi connectivity index (χ2n) is 5.32. The Hall–Kier alpha value is -1.13. The first-order valence-corrected chi connectivity index (χ1v) is 7.49. The average Bonchev–Trinajstić information content (AvgIpc) is 2.75.